The first-order valence-corrected chi connectivity index (χ1v) is 11.6. The average molecular weight is 476 g/mol. The van der Waals surface area contributed by atoms with Gasteiger partial charge in [-0.2, -0.15) is 0 Å². The number of carbonyl (C=O) groups excluding carboxylic acids is 2. The number of benzene rings is 2. The van der Waals surface area contributed by atoms with Crippen LogP contribution in [0.1, 0.15) is 52.6 Å². The number of carboxylic acid groups (broad SMARTS) is 1. The monoisotopic (exact) mass is 475 g/mol. The molecule has 2 aromatic carbocycles. The van der Waals surface area contributed by atoms with Gasteiger partial charge < -0.3 is 24.9 Å². The summed E-state index contributed by atoms with van der Waals surface area (Å²) in [5, 5.41) is 14.6. The number of ether oxygens (including phenoxy) is 1. The summed E-state index contributed by atoms with van der Waals surface area (Å²) in [6, 6.07) is 15.9. The van der Waals surface area contributed by atoms with Gasteiger partial charge in [-0.3, -0.25) is 9.59 Å². The zero-order chi connectivity index (χ0) is 24.4. The Kier molecular flexibility index (Phi) is 6.22. The van der Waals surface area contributed by atoms with E-state index < -0.39 is 23.9 Å². The molecule has 35 heavy (non-hydrogen) atoms. The maximum atomic E-state index is 12.6. The third kappa shape index (κ3) is 4.62. The highest BCUT2D eigenvalue weighted by molar-refractivity contribution is 5.93. The first-order chi connectivity index (χ1) is 17.0. The van der Waals surface area contributed by atoms with Crippen LogP contribution < -0.4 is 10.6 Å². The van der Waals surface area contributed by atoms with Gasteiger partial charge in [-0.05, 0) is 41.5 Å². The molecule has 0 bridgehead atoms. The second kappa shape index (κ2) is 9.61. The molecule has 0 unspecified atom stereocenters. The number of fused-ring (bicyclic) bond motifs is 3. The van der Waals surface area contributed by atoms with Crippen molar-refractivity contribution in [2.75, 3.05) is 6.61 Å². The van der Waals surface area contributed by atoms with Gasteiger partial charge >= 0.3 is 12.1 Å². The summed E-state index contributed by atoms with van der Waals surface area (Å²) in [5.74, 6) is -1.62. The van der Waals surface area contributed by atoms with Crippen molar-refractivity contribution < 1.29 is 28.6 Å². The van der Waals surface area contributed by atoms with Crippen molar-refractivity contribution >= 4 is 18.0 Å². The lowest BCUT2D eigenvalue weighted by molar-refractivity contribution is -0.141. The SMILES string of the molecule is O=C(NCc1ocnc1C(=O)N[C@@H]1CC[C@H](C(=O)O)C1)OCC1c2ccccc2-c2ccccc21. The largest absolute Gasteiger partial charge is 0.481 e. The van der Waals surface area contributed by atoms with E-state index in [9.17, 15) is 14.4 Å². The number of hydrogen-bond donors (Lipinski definition) is 3. The Balaban J connectivity index is 1.16. The Labute approximate surface area is 201 Å². The second-order valence-electron chi connectivity index (χ2n) is 8.82. The van der Waals surface area contributed by atoms with Crippen LogP contribution in [0.2, 0.25) is 0 Å². The average Bonchev–Trinajstić information content (AvgIpc) is 3.59. The van der Waals surface area contributed by atoms with Gasteiger partial charge in [0.15, 0.2) is 17.8 Å². The minimum atomic E-state index is -0.851. The zero-order valence-corrected chi connectivity index (χ0v) is 18.9. The van der Waals surface area contributed by atoms with Gasteiger partial charge in [-0.1, -0.05) is 48.5 Å². The smallest absolute Gasteiger partial charge is 0.407 e. The molecule has 2 aliphatic carbocycles. The first-order valence-electron chi connectivity index (χ1n) is 11.6. The van der Waals surface area contributed by atoms with Crippen LogP contribution in [0.5, 0.6) is 0 Å². The predicted octanol–water partition coefficient (Wildman–Crippen LogP) is 3.70. The molecule has 2 aliphatic rings. The third-order valence-corrected chi connectivity index (χ3v) is 6.71. The molecule has 5 rings (SSSR count). The van der Waals surface area contributed by atoms with Crippen LogP contribution in [-0.2, 0) is 16.1 Å². The van der Waals surface area contributed by atoms with Crippen LogP contribution in [0.15, 0.2) is 59.3 Å². The molecular formula is C26H25N3O6. The Morgan fingerprint density at radius 2 is 1.71 bits per heavy atom. The van der Waals surface area contributed by atoms with Gasteiger partial charge in [0.2, 0.25) is 0 Å². The minimum absolute atomic E-state index is 0.0548. The van der Waals surface area contributed by atoms with E-state index in [1.807, 2.05) is 36.4 Å². The van der Waals surface area contributed by atoms with Crippen molar-refractivity contribution in [3.05, 3.63) is 77.5 Å². The summed E-state index contributed by atoms with van der Waals surface area (Å²) < 4.78 is 10.8. The molecule has 1 aromatic heterocycles. The highest BCUT2D eigenvalue weighted by Crippen LogP contribution is 2.44. The van der Waals surface area contributed by atoms with Crippen molar-refractivity contribution in [2.45, 2.75) is 37.8 Å². The van der Waals surface area contributed by atoms with Gasteiger partial charge in [0.05, 0.1) is 12.5 Å². The van der Waals surface area contributed by atoms with Crippen molar-refractivity contribution in [3.8, 4) is 11.1 Å². The lowest BCUT2D eigenvalue weighted by Gasteiger charge is -2.14. The molecule has 1 heterocycles. The van der Waals surface area contributed by atoms with Crippen LogP contribution in [0, 0.1) is 5.92 Å². The number of alkyl carbamates (subject to hydrolysis) is 1. The summed E-state index contributed by atoms with van der Waals surface area (Å²) in [6.07, 6.45) is 2.00. The highest BCUT2D eigenvalue weighted by atomic mass is 16.5. The van der Waals surface area contributed by atoms with Gasteiger partial charge in [-0.15, -0.1) is 0 Å². The number of aromatic nitrogens is 1. The van der Waals surface area contributed by atoms with Crippen LogP contribution in [0.25, 0.3) is 11.1 Å². The van der Waals surface area contributed by atoms with Crippen LogP contribution in [0.3, 0.4) is 0 Å². The fourth-order valence-electron chi connectivity index (χ4n) is 4.97. The van der Waals surface area contributed by atoms with E-state index in [0.29, 0.717) is 19.3 Å². The molecule has 0 saturated heterocycles. The highest BCUT2D eigenvalue weighted by Gasteiger charge is 2.32. The van der Waals surface area contributed by atoms with E-state index in [0.717, 1.165) is 28.6 Å². The summed E-state index contributed by atoms with van der Waals surface area (Å²) in [7, 11) is 0. The zero-order valence-electron chi connectivity index (χ0n) is 18.9. The number of amides is 2. The number of carbonyl (C=O) groups is 3. The normalized spacial score (nSPS) is 18.5. The molecular weight excluding hydrogens is 450 g/mol. The van der Waals surface area contributed by atoms with E-state index in [2.05, 4.69) is 27.8 Å². The lowest BCUT2D eigenvalue weighted by atomic mass is 9.98. The standard InChI is InChI=1S/C26H25N3O6/c30-24(29-16-10-9-15(11-16)25(31)32)23-22(35-14-28-23)12-27-26(33)34-13-21-19-7-3-1-5-17(19)18-6-2-4-8-20(18)21/h1-8,14-16,21H,9-13H2,(H,27,33)(H,29,30)(H,31,32)/t15-,16+/m0/s1. The van der Waals surface area contributed by atoms with Crippen molar-refractivity contribution in [1.82, 2.24) is 15.6 Å². The summed E-state index contributed by atoms with van der Waals surface area (Å²) >= 11 is 0. The van der Waals surface area contributed by atoms with Crippen LogP contribution >= 0.6 is 0 Å². The van der Waals surface area contributed by atoms with Crippen LogP contribution in [-0.4, -0.2) is 40.7 Å². The Bertz CT molecular complexity index is 1220. The van der Waals surface area contributed by atoms with Crippen molar-refractivity contribution in [1.29, 1.82) is 0 Å². The molecule has 3 N–H and O–H groups in total. The lowest BCUT2D eigenvalue weighted by Crippen LogP contribution is -2.34. The molecule has 0 aliphatic heterocycles. The van der Waals surface area contributed by atoms with E-state index in [1.165, 1.54) is 0 Å². The van der Waals surface area contributed by atoms with Gasteiger partial charge in [0, 0.05) is 12.0 Å². The van der Waals surface area contributed by atoms with E-state index in [4.69, 9.17) is 14.3 Å². The van der Waals surface area contributed by atoms with Gasteiger partial charge in [0.25, 0.3) is 5.91 Å². The molecule has 1 saturated carbocycles. The molecule has 0 radical (unpaired) electrons. The summed E-state index contributed by atoms with van der Waals surface area (Å²) in [4.78, 5) is 40.1. The number of carboxylic acids is 1. The number of aliphatic carboxylic acids is 1. The second-order valence-corrected chi connectivity index (χ2v) is 8.82. The van der Waals surface area contributed by atoms with E-state index >= 15 is 0 Å². The Morgan fingerprint density at radius 3 is 2.37 bits per heavy atom. The van der Waals surface area contributed by atoms with E-state index in [-0.39, 0.29) is 36.6 Å². The number of rotatable bonds is 7. The maximum Gasteiger partial charge on any atom is 0.407 e. The van der Waals surface area contributed by atoms with Crippen molar-refractivity contribution in [3.63, 3.8) is 0 Å². The fourth-order valence-corrected chi connectivity index (χ4v) is 4.97. The molecule has 2 atom stereocenters. The molecule has 0 spiro atoms. The predicted molar refractivity (Wildman–Crippen MR) is 125 cm³/mol. The molecule has 9 nitrogen and oxygen atoms in total. The number of oxazole rings is 1. The molecule has 180 valence electrons. The molecule has 3 aromatic rings. The van der Waals surface area contributed by atoms with E-state index in [1.54, 1.807) is 0 Å². The Hall–Kier alpha value is -4.14. The maximum absolute atomic E-state index is 12.6. The fraction of sp³-hybridized carbons (Fsp3) is 0.308. The molecule has 9 heteroatoms. The first kappa shape index (κ1) is 22.6. The topological polar surface area (TPSA) is 131 Å². The van der Waals surface area contributed by atoms with Crippen LogP contribution in [0.4, 0.5) is 4.79 Å². The minimum Gasteiger partial charge on any atom is -0.481 e. The number of nitrogens with one attached hydrogen (secondary N) is 2. The molecule has 1 fully saturated rings. The summed E-state index contributed by atoms with van der Waals surface area (Å²) in [5.41, 5.74) is 4.58. The van der Waals surface area contributed by atoms with Crippen molar-refractivity contribution in [2.24, 2.45) is 5.92 Å². The third-order valence-electron chi connectivity index (χ3n) is 6.71. The summed E-state index contributed by atoms with van der Waals surface area (Å²) in [6.45, 7) is 0.109. The Morgan fingerprint density at radius 1 is 1.03 bits per heavy atom. The number of hydrogen-bond acceptors (Lipinski definition) is 6. The number of nitrogens with zero attached hydrogens (tertiary/aromatic N) is 1. The van der Waals surface area contributed by atoms with Gasteiger partial charge in [0.1, 0.15) is 6.61 Å². The quantitative estimate of drug-likeness (QED) is 0.475. The molecule has 2 amide bonds. The van der Waals surface area contributed by atoms with Gasteiger partial charge in [-0.25, -0.2) is 9.78 Å².